The average Bonchev–Trinajstić information content (AvgIpc) is 2.48. The number of nitro groups is 1. The van der Waals surface area contributed by atoms with E-state index in [0.717, 1.165) is 0 Å². The minimum Gasteiger partial charge on any atom is -0.494 e. The third-order valence-electron chi connectivity index (χ3n) is 2.92. The molecule has 0 unspecified atom stereocenters. The number of methoxy groups -OCH3 is 1. The first-order valence-corrected chi connectivity index (χ1v) is 6.12. The topological polar surface area (TPSA) is 76.4 Å². The lowest BCUT2D eigenvalue weighted by atomic mass is 10.2. The SMILES string of the molecule is CNc1cccc(Nc2ccc(F)c(OC)c2)c1[N+](=O)[O-]. The monoisotopic (exact) mass is 291 g/mol. The fourth-order valence-corrected chi connectivity index (χ4v) is 1.94. The Kier molecular flexibility index (Phi) is 4.22. The van der Waals surface area contributed by atoms with Crippen LogP contribution >= 0.6 is 0 Å². The van der Waals surface area contributed by atoms with Crippen molar-refractivity contribution in [3.63, 3.8) is 0 Å². The van der Waals surface area contributed by atoms with Gasteiger partial charge in [-0.1, -0.05) is 6.07 Å². The maximum atomic E-state index is 13.4. The van der Waals surface area contributed by atoms with Crippen molar-refractivity contribution in [1.29, 1.82) is 0 Å². The van der Waals surface area contributed by atoms with Crippen molar-refractivity contribution in [3.05, 3.63) is 52.3 Å². The van der Waals surface area contributed by atoms with Crippen LogP contribution in [0.4, 0.5) is 27.1 Å². The van der Waals surface area contributed by atoms with E-state index in [-0.39, 0.29) is 11.4 Å². The zero-order chi connectivity index (χ0) is 15.4. The quantitative estimate of drug-likeness (QED) is 0.651. The smallest absolute Gasteiger partial charge is 0.315 e. The Balaban J connectivity index is 2.42. The Morgan fingerprint density at radius 3 is 2.57 bits per heavy atom. The number of para-hydroxylation sites is 1. The number of ether oxygens (including phenoxy) is 1. The van der Waals surface area contributed by atoms with Crippen LogP contribution in [0.1, 0.15) is 0 Å². The van der Waals surface area contributed by atoms with Crippen LogP contribution in [0.3, 0.4) is 0 Å². The Morgan fingerprint density at radius 2 is 1.95 bits per heavy atom. The van der Waals surface area contributed by atoms with Gasteiger partial charge in [0, 0.05) is 18.8 Å². The molecule has 0 heterocycles. The minimum absolute atomic E-state index is 0.0624. The highest BCUT2D eigenvalue weighted by molar-refractivity contribution is 5.79. The standard InChI is InChI=1S/C14H14FN3O3/c1-16-11-4-3-5-12(14(11)18(19)20)17-9-6-7-10(15)13(8-9)21-2/h3-8,16-17H,1-2H3. The van der Waals surface area contributed by atoms with Crippen LogP contribution in [-0.4, -0.2) is 19.1 Å². The summed E-state index contributed by atoms with van der Waals surface area (Å²) in [5, 5.41) is 16.9. The van der Waals surface area contributed by atoms with Crippen LogP contribution in [0, 0.1) is 15.9 Å². The maximum absolute atomic E-state index is 13.4. The van der Waals surface area contributed by atoms with E-state index in [9.17, 15) is 14.5 Å². The molecule has 2 rings (SSSR count). The molecule has 0 saturated carbocycles. The molecule has 6 nitrogen and oxygen atoms in total. The first-order valence-electron chi connectivity index (χ1n) is 6.12. The number of hydrogen-bond donors (Lipinski definition) is 2. The molecule has 0 bridgehead atoms. The van der Waals surface area contributed by atoms with Crippen molar-refractivity contribution in [2.45, 2.75) is 0 Å². The summed E-state index contributed by atoms with van der Waals surface area (Å²) < 4.78 is 18.2. The predicted molar refractivity (Wildman–Crippen MR) is 78.9 cm³/mol. The van der Waals surface area contributed by atoms with Crippen LogP contribution in [0.25, 0.3) is 0 Å². The lowest BCUT2D eigenvalue weighted by Crippen LogP contribution is -2.01. The Labute approximate surface area is 120 Å². The molecule has 0 atom stereocenters. The molecular weight excluding hydrogens is 277 g/mol. The van der Waals surface area contributed by atoms with Crippen LogP contribution in [0.2, 0.25) is 0 Å². The lowest BCUT2D eigenvalue weighted by Gasteiger charge is -2.11. The lowest BCUT2D eigenvalue weighted by molar-refractivity contribution is -0.383. The molecule has 0 aliphatic rings. The van der Waals surface area contributed by atoms with Gasteiger partial charge in [0.1, 0.15) is 11.4 Å². The van der Waals surface area contributed by atoms with E-state index in [0.29, 0.717) is 17.1 Å². The predicted octanol–water partition coefficient (Wildman–Crippen LogP) is 3.53. The van der Waals surface area contributed by atoms with Gasteiger partial charge in [0.15, 0.2) is 11.6 Å². The highest BCUT2D eigenvalue weighted by Gasteiger charge is 2.19. The number of nitrogens with zero attached hydrogens (tertiary/aromatic N) is 1. The normalized spacial score (nSPS) is 10.0. The number of rotatable bonds is 5. The summed E-state index contributed by atoms with van der Waals surface area (Å²) in [6, 6.07) is 9.01. The van der Waals surface area contributed by atoms with E-state index in [1.165, 1.54) is 25.3 Å². The summed E-state index contributed by atoms with van der Waals surface area (Å²) in [5.41, 5.74) is 1.10. The van der Waals surface area contributed by atoms with Crippen molar-refractivity contribution in [3.8, 4) is 5.75 Å². The second-order valence-electron chi connectivity index (χ2n) is 4.18. The van der Waals surface area contributed by atoms with Crippen LogP contribution in [0.5, 0.6) is 5.75 Å². The van der Waals surface area contributed by atoms with Gasteiger partial charge in [0.05, 0.1) is 12.0 Å². The molecule has 21 heavy (non-hydrogen) atoms. The molecule has 0 spiro atoms. The van der Waals surface area contributed by atoms with E-state index in [2.05, 4.69) is 10.6 Å². The molecule has 0 saturated heterocycles. The van der Waals surface area contributed by atoms with Crippen LogP contribution in [0.15, 0.2) is 36.4 Å². The van der Waals surface area contributed by atoms with Gasteiger partial charge >= 0.3 is 5.69 Å². The van der Waals surface area contributed by atoms with Crippen molar-refractivity contribution < 1.29 is 14.1 Å². The molecule has 2 aromatic carbocycles. The van der Waals surface area contributed by atoms with Gasteiger partial charge < -0.3 is 15.4 Å². The van der Waals surface area contributed by atoms with Crippen molar-refractivity contribution in [1.82, 2.24) is 0 Å². The molecule has 0 aromatic heterocycles. The van der Waals surface area contributed by atoms with Gasteiger partial charge in [-0.15, -0.1) is 0 Å². The third-order valence-corrected chi connectivity index (χ3v) is 2.92. The third kappa shape index (κ3) is 3.02. The van der Waals surface area contributed by atoms with E-state index in [1.54, 1.807) is 25.2 Å². The van der Waals surface area contributed by atoms with Gasteiger partial charge in [-0.3, -0.25) is 10.1 Å². The maximum Gasteiger partial charge on any atom is 0.315 e. The molecule has 0 radical (unpaired) electrons. The van der Waals surface area contributed by atoms with Crippen LogP contribution in [-0.2, 0) is 0 Å². The van der Waals surface area contributed by atoms with Crippen molar-refractivity contribution in [2.75, 3.05) is 24.8 Å². The van der Waals surface area contributed by atoms with Gasteiger partial charge in [0.2, 0.25) is 0 Å². The summed E-state index contributed by atoms with van der Waals surface area (Å²) in [6.45, 7) is 0. The highest BCUT2D eigenvalue weighted by Crippen LogP contribution is 2.35. The molecule has 0 aliphatic heterocycles. The largest absolute Gasteiger partial charge is 0.494 e. The first-order chi connectivity index (χ1) is 10.1. The van der Waals surface area contributed by atoms with E-state index >= 15 is 0 Å². The number of anilines is 3. The highest BCUT2D eigenvalue weighted by atomic mass is 19.1. The van der Waals surface area contributed by atoms with Gasteiger partial charge in [-0.2, -0.15) is 0 Å². The van der Waals surface area contributed by atoms with E-state index in [1.807, 2.05) is 0 Å². The van der Waals surface area contributed by atoms with Crippen LogP contribution < -0.4 is 15.4 Å². The zero-order valence-electron chi connectivity index (χ0n) is 11.5. The fraction of sp³-hybridized carbons (Fsp3) is 0.143. The Morgan fingerprint density at radius 1 is 1.24 bits per heavy atom. The van der Waals surface area contributed by atoms with E-state index < -0.39 is 10.7 Å². The first kappa shape index (κ1) is 14.6. The number of benzene rings is 2. The second kappa shape index (κ2) is 6.08. The summed E-state index contributed by atoms with van der Waals surface area (Å²) in [4.78, 5) is 10.7. The van der Waals surface area contributed by atoms with Gasteiger partial charge in [-0.25, -0.2) is 4.39 Å². The second-order valence-corrected chi connectivity index (χ2v) is 4.18. The molecule has 2 aromatic rings. The summed E-state index contributed by atoms with van der Waals surface area (Å²) >= 11 is 0. The molecule has 0 aliphatic carbocycles. The number of halogens is 1. The number of nitro benzene ring substituents is 1. The van der Waals surface area contributed by atoms with Crippen molar-refractivity contribution >= 4 is 22.7 Å². The minimum atomic E-state index is -0.499. The molecule has 2 N–H and O–H groups in total. The fourth-order valence-electron chi connectivity index (χ4n) is 1.94. The van der Waals surface area contributed by atoms with Gasteiger partial charge in [0.25, 0.3) is 0 Å². The summed E-state index contributed by atoms with van der Waals surface area (Å²) in [5.74, 6) is -0.436. The number of hydrogen-bond acceptors (Lipinski definition) is 5. The molecular formula is C14H14FN3O3. The summed E-state index contributed by atoms with van der Waals surface area (Å²) in [6.07, 6.45) is 0. The average molecular weight is 291 g/mol. The van der Waals surface area contributed by atoms with Gasteiger partial charge in [-0.05, 0) is 24.3 Å². The Bertz CT molecular complexity index is 677. The molecule has 7 heteroatoms. The summed E-state index contributed by atoms with van der Waals surface area (Å²) in [7, 11) is 2.96. The molecule has 0 amide bonds. The number of nitrogens with one attached hydrogen (secondary N) is 2. The van der Waals surface area contributed by atoms with E-state index in [4.69, 9.17) is 4.74 Å². The molecule has 0 fully saturated rings. The zero-order valence-corrected chi connectivity index (χ0v) is 11.5. The Hall–Kier alpha value is -2.83. The molecule has 110 valence electrons. The van der Waals surface area contributed by atoms with Crippen molar-refractivity contribution in [2.24, 2.45) is 0 Å².